The van der Waals surface area contributed by atoms with Gasteiger partial charge in [-0.2, -0.15) is 0 Å². The highest BCUT2D eigenvalue weighted by Crippen LogP contribution is 2.22. The summed E-state index contributed by atoms with van der Waals surface area (Å²) in [4.78, 5) is 15.0. The summed E-state index contributed by atoms with van der Waals surface area (Å²) in [6.45, 7) is 2.03. The van der Waals surface area contributed by atoms with Crippen molar-refractivity contribution in [1.82, 2.24) is 4.90 Å². The van der Waals surface area contributed by atoms with E-state index < -0.39 is 0 Å². The molecule has 22 heavy (non-hydrogen) atoms. The average molecular weight is 317 g/mol. The van der Waals surface area contributed by atoms with Gasteiger partial charge in [-0.3, -0.25) is 4.79 Å². The number of carbonyl (C=O) groups excluding carboxylic acids is 1. The monoisotopic (exact) mass is 317 g/mol. The summed E-state index contributed by atoms with van der Waals surface area (Å²) >= 11 is 1.57. The Balaban J connectivity index is 1.82. The summed E-state index contributed by atoms with van der Waals surface area (Å²) < 4.78 is 12.8. The highest BCUT2D eigenvalue weighted by Gasteiger charge is 2.16. The molecule has 2 aromatic carbocycles. The van der Waals surface area contributed by atoms with Crippen LogP contribution in [-0.2, 0) is 4.79 Å². The largest absolute Gasteiger partial charge is 0.339 e. The number of amides is 1. The van der Waals surface area contributed by atoms with Crippen molar-refractivity contribution in [1.29, 1.82) is 0 Å². The first-order valence-corrected chi connectivity index (χ1v) is 8.25. The molecule has 1 atom stereocenters. The van der Waals surface area contributed by atoms with E-state index in [-0.39, 0.29) is 17.8 Å². The van der Waals surface area contributed by atoms with Crippen molar-refractivity contribution in [3.8, 4) is 0 Å². The highest BCUT2D eigenvalue weighted by atomic mass is 32.2. The van der Waals surface area contributed by atoms with Gasteiger partial charge in [0.2, 0.25) is 5.91 Å². The molecule has 0 aromatic heterocycles. The van der Waals surface area contributed by atoms with E-state index in [9.17, 15) is 9.18 Å². The van der Waals surface area contributed by atoms with Crippen LogP contribution in [0, 0.1) is 5.82 Å². The van der Waals surface area contributed by atoms with Crippen molar-refractivity contribution in [3.05, 3.63) is 66.0 Å². The molecule has 1 unspecified atom stereocenters. The molecule has 116 valence electrons. The van der Waals surface area contributed by atoms with Gasteiger partial charge >= 0.3 is 0 Å². The number of hydrogen-bond donors (Lipinski definition) is 0. The topological polar surface area (TPSA) is 20.3 Å². The van der Waals surface area contributed by atoms with Gasteiger partial charge in [0.15, 0.2) is 0 Å². The summed E-state index contributed by atoms with van der Waals surface area (Å²) in [7, 11) is 1.84. The lowest BCUT2D eigenvalue weighted by Gasteiger charge is -2.25. The summed E-state index contributed by atoms with van der Waals surface area (Å²) in [6, 6.07) is 16.4. The molecule has 0 aliphatic heterocycles. The minimum Gasteiger partial charge on any atom is -0.339 e. The second kappa shape index (κ2) is 7.99. The van der Waals surface area contributed by atoms with Gasteiger partial charge in [0, 0.05) is 24.1 Å². The van der Waals surface area contributed by atoms with E-state index >= 15 is 0 Å². The van der Waals surface area contributed by atoms with Crippen LogP contribution in [0.4, 0.5) is 4.39 Å². The molecule has 4 heteroatoms. The maximum Gasteiger partial charge on any atom is 0.223 e. The minimum atomic E-state index is -0.239. The number of carbonyl (C=O) groups is 1. The van der Waals surface area contributed by atoms with Crippen molar-refractivity contribution >= 4 is 17.7 Å². The van der Waals surface area contributed by atoms with Gasteiger partial charge in [-0.15, -0.1) is 11.8 Å². The Hall–Kier alpha value is -1.81. The zero-order valence-electron chi connectivity index (χ0n) is 12.8. The van der Waals surface area contributed by atoms with Crippen LogP contribution in [0.5, 0.6) is 0 Å². The first kappa shape index (κ1) is 16.6. The second-order valence-electron chi connectivity index (χ2n) is 5.14. The van der Waals surface area contributed by atoms with Crippen LogP contribution >= 0.6 is 11.8 Å². The molecular formula is C18H20FNOS. The SMILES string of the molecule is CC(c1ccccc1)N(C)C(=O)CCSc1ccc(F)cc1. The number of hydrogen-bond acceptors (Lipinski definition) is 2. The van der Waals surface area contributed by atoms with E-state index in [0.29, 0.717) is 12.2 Å². The molecule has 0 heterocycles. The molecule has 1 amide bonds. The number of rotatable bonds is 6. The van der Waals surface area contributed by atoms with Gasteiger partial charge in [0.05, 0.1) is 6.04 Å². The van der Waals surface area contributed by atoms with Gasteiger partial charge < -0.3 is 4.90 Å². The summed E-state index contributed by atoms with van der Waals surface area (Å²) in [6.07, 6.45) is 0.468. The molecule has 0 spiro atoms. The Morgan fingerprint density at radius 3 is 2.41 bits per heavy atom. The Labute approximate surface area is 135 Å². The third kappa shape index (κ3) is 4.60. The zero-order chi connectivity index (χ0) is 15.9. The number of benzene rings is 2. The summed E-state index contributed by atoms with van der Waals surface area (Å²) in [5.41, 5.74) is 1.13. The van der Waals surface area contributed by atoms with E-state index in [1.807, 2.05) is 44.3 Å². The first-order valence-electron chi connectivity index (χ1n) is 7.27. The highest BCUT2D eigenvalue weighted by molar-refractivity contribution is 7.99. The second-order valence-corrected chi connectivity index (χ2v) is 6.31. The molecule has 0 saturated heterocycles. The maximum atomic E-state index is 12.8. The van der Waals surface area contributed by atoms with Crippen molar-refractivity contribution in [2.24, 2.45) is 0 Å². The van der Waals surface area contributed by atoms with Crippen molar-refractivity contribution in [3.63, 3.8) is 0 Å². The first-order chi connectivity index (χ1) is 10.6. The van der Waals surface area contributed by atoms with E-state index in [2.05, 4.69) is 0 Å². The van der Waals surface area contributed by atoms with Crippen molar-refractivity contribution in [2.75, 3.05) is 12.8 Å². The number of nitrogens with zero attached hydrogens (tertiary/aromatic N) is 1. The predicted molar refractivity (Wildman–Crippen MR) is 89.4 cm³/mol. The Bertz CT molecular complexity index is 600. The molecule has 2 nitrogen and oxygen atoms in total. The summed E-state index contributed by atoms with van der Waals surface area (Å²) in [5.74, 6) is 0.568. The molecule has 2 rings (SSSR count). The third-order valence-electron chi connectivity index (χ3n) is 3.65. The smallest absolute Gasteiger partial charge is 0.223 e. The van der Waals surface area contributed by atoms with Crippen molar-refractivity contribution in [2.45, 2.75) is 24.3 Å². The van der Waals surface area contributed by atoms with Gasteiger partial charge in [-0.25, -0.2) is 4.39 Å². The molecule has 0 aliphatic rings. The van der Waals surface area contributed by atoms with E-state index in [1.165, 1.54) is 12.1 Å². The van der Waals surface area contributed by atoms with Crippen LogP contribution in [0.3, 0.4) is 0 Å². The lowest BCUT2D eigenvalue weighted by Crippen LogP contribution is -2.29. The summed E-state index contributed by atoms with van der Waals surface area (Å²) in [5, 5.41) is 0. The molecule has 0 N–H and O–H groups in total. The van der Waals surface area contributed by atoms with Crippen LogP contribution < -0.4 is 0 Å². The number of thioether (sulfide) groups is 1. The van der Waals surface area contributed by atoms with E-state index in [1.54, 1.807) is 28.8 Å². The molecule has 0 bridgehead atoms. The van der Waals surface area contributed by atoms with E-state index in [0.717, 1.165) is 10.5 Å². The molecule has 0 aliphatic carbocycles. The van der Waals surface area contributed by atoms with Gasteiger partial charge in [-0.05, 0) is 36.8 Å². The predicted octanol–water partition coefficient (Wildman–Crippen LogP) is 4.53. The Morgan fingerprint density at radius 1 is 1.14 bits per heavy atom. The molecule has 0 saturated carbocycles. The minimum absolute atomic E-state index is 0.0597. The van der Waals surface area contributed by atoms with Crippen LogP contribution in [0.25, 0.3) is 0 Å². The normalized spacial score (nSPS) is 12.0. The maximum absolute atomic E-state index is 12.8. The molecular weight excluding hydrogens is 297 g/mol. The van der Waals surface area contributed by atoms with Gasteiger partial charge in [0.1, 0.15) is 5.82 Å². The standard InChI is InChI=1S/C18H20FNOS/c1-14(15-6-4-3-5-7-15)20(2)18(21)12-13-22-17-10-8-16(19)9-11-17/h3-11,14H,12-13H2,1-2H3. The molecule has 0 radical (unpaired) electrons. The zero-order valence-corrected chi connectivity index (χ0v) is 13.6. The van der Waals surface area contributed by atoms with E-state index in [4.69, 9.17) is 0 Å². The molecule has 2 aromatic rings. The Morgan fingerprint density at radius 2 is 1.77 bits per heavy atom. The quantitative estimate of drug-likeness (QED) is 0.730. The third-order valence-corrected chi connectivity index (χ3v) is 4.67. The fourth-order valence-corrected chi connectivity index (χ4v) is 2.98. The van der Waals surface area contributed by atoms with Crippen molar-refractivity contribution < 1.29 is 9.18 Å². The van der Waals surface area contributed by atoms with Crippen LogP contribution in [0.2, 0.25) is 0 Å². The van der Waals surface area contributed by atoms with Crippen LogP contribution in [0.1, 0.15) is 24.9 Å². The average Bonchev–Trinajstić information content (AvgIpc) is 2.56. The lowest BCUT2D eigenvalue weighted by atomic mass is 10.1. The van der Waals surface area contributed by atoms with Crippen LogP contribution in [-0.4, -0.2) is 23.6 Å². The number of halogens is 1. The molecule has 0 fully saturated rings. The van der Waals surface area contributed by atoms with Gasteiger partial charge in [-0.1, -0.05) is 30.3 Å². The van der Waals surface area contributed by atoms with Crippen LogP contribution in [0.15, 0.2) is 59.5 Å². The lowest BCUT2D eigenvalue weighted by molar-refractivity contribution is -0.131. The fraction of sp³-hybridized carbons (Fsp3) is 0.278. The Kier molecular flexibility index (Phi) is 6.01. The van der Waals surface area contributed by atoms with Gasteiger partial charge in [0.25, 0.3) is 0 Å². The fourth-order valence-electron chi connectivity index (χ4n) is 2.13.